The van der Waals surface area contributed by atoms with Crippen molar-refractivity contribution in [2.24, 2.45) is 0 Å². The van der Waals surface area contributed by atoms with Gasteiger partial charge < -0.3 is 0 Å². The third kappa shape index (κ3) is 3.10. The van der Waals surface area contributed by atoms with Crippen LogP contribution in [0.1, 0.15) is 50.9 Å². The molecular weight excluding hydrogens is 218 g/mol. The lowest BCUT2D eigenvalue weighted by Crippen LogP contribution is -1.98. The minimum absolute atomic E-state index is 1.11. The molecule has 96 valence electrons. The molecule has 1 aromatic heterocycles. The average Bonchev–Trinajstić information content (AvgIpc) is 2.42. The van der Waals surface area contributed by atoms with Crippen LogP contribution >= 0.6 is 0 Å². The fraction of sp³-hybridized carbons (Fsp3) is 0.471. The van der Waals surface area contributed by atoms with Gasteiger partial charge >= 0.3 is 0 Å². The molecule has 0 bridgehead atoms. The molecule has 0 N–H and O–H groups in total. The minimum atomic E-state index is 1.11. The van der Waals surface area contributed by atoms with Gasteiger partial charge in [-0.1, -0.05) is 51.0 Å². The van der Waals surface area contributed by atoms with E-state index < -0.39 is 0 Å². The van der Waals surface area contributed by atoms with E-state index in [9.17, 15) is 0 Å². The zero-order chi connectivity index (χ0) is 12.8. The van der Waals surface area contributed by atoms with Crippen LogP contribution in [0.3, 0.4) is 0 Å². The first-order chi connectivity index (χ1) is 8.85. The van der Waals surface area contributed by atoms with E-state index in [1.807, 2.05) is 0 Å². The smallest absolute Gasteiger partial charge is 0.0485 e. The van der Waals surface area contributed by atoms with Gasteiger partial charge in [-0.25, -0.2) is 0 Å². The molecule has 0 aliphatic heterocycles. The molecule has 0 aliphatic carbocycles. The Balaban J connectivity index is 2.36. The maximum absolute atomic E-state index is 4.88. The first-order valence-electron chi connectivity index (χ1n) is 7.22. The quantitative estimate of drug-likeness (QED) is 0.699. The highest BCUT2D eigenvalue weighted by Crippen LogP contribution is 2.21. The van der Waals surface area contributed by atoms with Crippen LogP contribution in [0.2, 0.25) is 0 Å². The van der Waals surface area contributed by atoms with Crippen LogP contribution in [0.4, 0.5) is 0 Å². The first kappa shape index (κ1) is 13.1. The molecule has 0 spiro atoms. The van der Waals surface area contributed by atoms with Gasteiger partial charge in [0.25, 0.3) is 0 Å². The largest absolute Gasteiger partial charge is 0.257 e. The predicted octanol–water partition coefficient (Wildman–Crippen LogP) is 4.92. The van der Waals surface area contributed by atoms with Gasteiger partial charge in [-0.3, -0.25) is 4.98 Å². The Kier molecular flexibility index (Phi) is 4.74. The molecule has 1 heterocycles. The van der Waals surface area contributed by atoms with Crippen LogP contribution in [-0.4, -0.2) is 4.98 Å². The number of aromatic nitrogens is 1. The number of fused-ring (bicyclic) bond motifs is 1. The molecule has 0 saturated heterocycles. The normalized spacial score (nSPS) is 11.0. The molecule has 2 aromatic rings. The lowest BCUT2D eigenvalue weighted by molar-refractivity contribution is 0.751. The molecule has 2 rings (SSSR count). The van der Waals surface area contributed by atoms with Crippen molar-refractivity contribution in [3.05, 3.63) is 41.7 Å². The third-order valence-electron chi connectivity index (χ3n) is 3.43. The molecule has 0 aliphatic rings. The first-order valence-corrected chi connectivity index (χ1v) is 7.22. The highest BCUT2D eigenvalue weighted by atomic mass is 14.7. The highest BCUT2D eigenvalue weighted by Gasteiger charge is 2.05. The molecule has 0 fully saturated rings. The summed E-state index contributed by atoms with van der Waals surface area (Å²) >= 11 is 0. The second-order valence-electron chi connectivity index (χ2n) is 4.99. The Morgan fingerprint density at radius 2 is 1.67 bits per heavy atom. The predicted molar refractivity (Wildman–Crippen MR) is 79.0 cm³/mol. The summed E-state index contributed by atoms with van der Waals surface area (Å²) in [4.78, 5) is 4.88. The van der Waals surface area contributed by atoms with E-state index in [1.54, 1.807) is 0 Å². The Morgan fingerprint density at radius 1 is 0.944 bits per heavy atom. The van der Waals surface area contributed by atoms with Gasteiger partial charge in [0.15, 0.2) is 0 Å². The minimum Gasteiger partial charge on any atom is -0.257 e. The Hall–Kier alpha value is -1.37. The van der Waals surface area contributed by atoms with Crippen LogP contribution < -0.4 is 0 Å². The summed E-state index contributed by atoms with van der Waals surface area (Å²) < 4.78 is 0. The third-order valence-corrected chi connectivity index (χ3v) is 3.43. The Morgan fingerprint density at radius 3 is 2.44 bits per heavy atom. The summed E-state index contributed by atoms with van der Waals surface area (Å²) in [5, 5.41) is 2.69. The molecule has 1 nitrogen and oxygen atoms in total. The second kappa shape index (κ2) is 6.53. The van der Waals surface area contributed by atoms with Gasteiger partial charge in [-0.05, 0) is 37.1 Å². The van der Waals surface area contributed by atoms with Gasteiger partial charge in [-0.2, -0.15) is 0 Å². The van der Waals surface area contributed by atoms with Crippen LogP contribution in [0, 0.1) is 0 Å². The second-order valence-corrected chi connectivity index (χ2v) is 4.99. The summed E-state index contributed by atoms with van der Waals surface area (Å²) in [5.41, 5.74) is 2.56. The van der Waals surface area contributed by atoms with Crippen LogP contribution in [0.5, 0.6) is 0 Å². The molecule has 0 atom stereocenters. The lowest BCUT2D eigenvalue weighted by Gasteiger charge is -2.09. The van der Waals surface area contributed by atoms with Crippen molar-refractivity contribution in [1.29, 1.82) is 0 Å². The summed E-state index contributed by atoms with van der Waals surface area (Å²) in [6, 6.07) is 10.9. The molecule has 0 saturated carbocycles. The average molecular weight is 241 g/mol. The van der Waals surface area contributed by atoms with E-state index in [2.05, 4.69) is 44.2 Å². The number of pyridine rings is 1. The zero-order valence-corrected chi connectivity index (χ0v) is 11.6. The molecular formula is C17H23N. The summed E-state index contributed by atoms with van der Waals surface area (Å²) in [5.74, 6) is 0. The van der Waals surface area contributed by atoms with E-state index in [0.29, 0.717) is 0 Å². The number of benzene rings is 1. The number of nitrogens with zero attached hydrogens (tertiary/aromatic N) is 1. The van der Waals surface area contributed by atoms with Gasteiger partial charge in [0, 0.05) is 16.8 Å². The van der Waals surface area contributed by atoms with Gasteiger partial charge in [0.2, 0.25) is 0 Å². The monoisotopic (exact) mass is 241 g/mol. The van der Waals surface area contributed by atoms with Crippen molar-refractivity contribution in [2.45, 2.75) is 52.4 Å². The van der Waals surface area contributed by atoms with Crippen molar-refractivity contribution in [2.75, 3.05) is 0 Å². The van der Waals surface area contributed by atoms with Crippen molar-refractivity contribution in [3.8, 4) is 0 Å². The molecule has 0 radical (unpaired) electrons. The van der Waals surface area contributed by atoms with E-state index in [1.165, 1.54) is 47.8 Å². The van der Waals surface area contributed by atoms with Crippen LogP contribution in [-0.2, 0) is 12.8 Å². The standard InChI is InChI=1S/C17H23N/c1-3-5-10-15-13-14-9-7-8-11-16(14)17(18-15)12-6-4-2/h7-9,11,13H,3-6,10,12H2,1-2H3. The number of aryl methyl sites for hydroxylation is 2. The summed E-state index contributed by atoms with van der Waals surface area (Å²) in [6.45, 7) is 4.47. The maximum Gasteiger partial charge on any atom is 0.0485 e. The van der Waals surface area contributed by atoms with E-state index in [4.69, 9.17) is 4.98 Å². The lowest BCUT2D eigenvalue weighted by atomic mass is 10.0. The van der Waals surface area contributed by atoms with Crippen molar-refractivity contribution >= 4 is 10.8 Å². The van der Waals surface area contributed by atoms with Gasteiger partial charge in [0.1, 0.15) is 0 Å². The fourth-order valence-corrected chi connectivity index (χ4v) is 2.35. The molecule has 0 unspecified atom stereocenters. The Bertz CT molecular complexity index is 502. The van der Waals surface area contributed by atoms with Crippen LogP contribution in [0.25, 0.3) is 10.8 Å². The molecule has 1 heteroatoms. The fourth-order valence-electron chi connectivity index (χ4n) is 2.35. The highest BCUT2D eigenvalue weighted by molar-refractivity contribution is 5.84. The summed E-state index contributed by atoms with van der Waals surface area (Å²) in [7, 11) is 0. The van der Waals surface area contributed by atoms with Crippen molar-refractivity contribution in [3.63, 3.8) is 0 Å². The van der Waals surface area contributed by atoms with E-state index in [-0.39, 0.29) is 0 Å². The number of hydrogen-bond donors (Lipinski definition) is 0. The van der Waals surface area contributed by atoms with E-state index >= 15 is 0 Å². The summed E-state index contributed by atoms with van der Waals surface area (Å²) in [6.07, 6.45) is 7.15. The topological polar surface area (TPSA) is 12.9 Å². The number of unbranched alkanes of at least 4 members (excludes halogenated alkanes) is 2. The maximum atomic E-state index is 4.88. The van der Waals surface area contributed by atoms with Crippen molar-refractivity contribution in [1.82, 2.24) is 4.98 Å². The van der Waals surface area contributed by atoms with Crippen LogP contribution in [0.15, 0.2) is 30.3 Å². The van der Waals surface area contributed by atoms with Crippen molar-refractivity contribution < 1.29 is 0 Å². The number of hydrogen-bond acceptors (Lipinski definition) is 1. The SMILES string of the molecule is CCCCc1cc2ccccc2c(CCCC)n1. The van der Waals surface area contributed by atoms with Gasteiger partial charge in [-0.15, -0.1) is 0 Å². The zero-order valence-electron chi connectivity index (χ0n) is 11.6. The van der Waals surface area contributed by atoms with E-state index in [0.717, 1.165) is 12.8 Å². The molecule has 1 aromatic carbocycles. The Labute approximate surface area is 110 Å². The number of rotatable bonds is 6. The molecule has 0 amide bonds. The van der Waals surface area contributed by atoms with Gasteiger partial charge in [0.05, 0.1) is 0 Å². The molecule has 18 heavy (non-hydrogen) atoms.